The first-order valence-electron chi connectivity index (χ1n) is 4.14. The van der Waals surface area contributed by atoms with Crippen LogP contribution in [0, 0.1) is 5.92 Å². The fourth-order valence-electron chi connectivity index (χ4n) is 1.07. The van der Waals surface area contributed by atoms with Gasteiger partial charge in [-0.05, 0) is 24.4 Å². The number of hydrogen-bond acceptors (Lipinski definition) is 3. The number of carbonyl (C=O) groups excluding carboxylic acids is 1. The molecule has 0 amide bonds. The van der Waals surface area contributed by atoms with Gasteiger partial charge in [0.1, 0.15) is 0 Å². The number of nitrogens with two attached hydrogens (primary N) is 1. The highest BCUT2D eigenvalue weighted by Crippen LogP contribution is 2.25. The maximum absolute atomic E-state index is 11.7. The Labute approximate surface area is 86.7 Å². The van der Waals surface area contributed by atoms with Crippen LogP contribution in [0.4, 0.5) is 0 Å². The lowest BCUT2D eigenvalue weighted by Gasteiger charge is -2.06. The monoisotopic (exact) mass is 217 g/mol. The molecule has 72 valence electrons. The Kier molecular flexibility index (Phi) is 3.90. The second-order valence-corrected chi connectivity index (χ2v) is 4.26. The van der Waals surface area contributed by atoms with Crippen molar-refractivity contribution in [2.75, 3.05) is 6.54 Å². The molecule has 0 aliphatic carbocycles. The van der Waals surface area contributed by atoms with Gasteiger partial charge in [0.05, 0.1) is 9.90 Å². The Morgan fingerprint density at radius 3 is 2.92 bits per heavy atom. The van der Waals surface area contributed by atoms with Crippen molar-refractivity contribution in [3.8, 4) is 0 Å². The summed E-state index contributed by atoms with van der Waals surface area (Å²) in [5.41, 5.74) is 5.38. The highest BCUT2D eigenvalue weighted by Gasteiger charge is 2.17. The van der Waals surface area contributed by atoms with Gasteiger partial charge in [-0.1, -0.05) is 18.5 Å². The lowest BCUT2D eigenvalue weighted by atomic mass is 10.0. The SMILES string of the molecule is CC(CCN)C(=O)c1sccc1Cl. The number of rotatable bonds is 4. The van der Waals surface area contributed by atoms with E-state index in [1.807, 2.05) is 12.3 Å². The third-order valence-corrected chi connectivity index (χ3v) is 3.24. The fraction of sp³-hybridized carbons (Fsp3) is 0.444. The number of ketones is 1. The zero-order valence-electron chi connectivity index (χ0n) is 7.42. The van der Waals surface area contributed by atoms with E-state index in [-0.39, 0.29) is 11.7 Å². The maximum atomic E-state index is 11.7. The Hall–Kier alpha value is -0.380. The van der Waals surface area contributed by atoms with E-state index in [0.717, 1.165) is 0 Å². The van der Waals surface area contributed by atoms with Crippen molar-refractivity contribution in [1.82, 2.24) is 0 Å². The topological polar surface area (TPSA) is 43.1 Å². The van der Waals surface area contributed by atoms with Crippen molar-refractivity contribution < 1.29 is 4.79 Å². The molecule has 1 aromatic heterocycles. The maximum Gasteiger partial charge on any atom is 0.177 e. The molecule has 0 aliphatic rings. The van der Waals surface area contributed by atoms with Crippen LogP contribution >= 0.6 is 22.9 Å². The summed E-state index contributed by atoms with van der Waals surface area (Å²) in [4.78, 5) is 12.3. The third kappa shape index (κ3) is 2.53. The van der Waals surface area contributed by atoms with Crippen LogP contribution in [0.2, 0.25) is 5.02 Å². The van der Waals surface area contributed by atoms with E-state index in [1.165, 1.54) is 11.3 Å². The van der Waals surface area contributed by atoms with Gasteiger partial charge in [-0.15, -0.1) is 11.3 Å². The third-order valence-electron chi connectivity index (χ3n) is 1.89. The summed E-state index contributed by atoms with van der Waals surface area (Å²) < 4.78 is 0. The highest BCUT2D eigenvalue weighted by molar-refractivity contribution is 7.12. The van der Waals surface area contributed by atoms with Crippen molar-refractivity contribution in [1.29, 1.82) is 0 Å². The van der Waals surface area contributed by atoms with E-state index >= 15 is 0 Å². The molecule has 0 spiro atoms. The summed E-state index contributed by atoms with van der Waals surface area (Å²) in [6, 6.07) is 1.74. The Morgan fingerprint density at radius 2 is 2.46 bits per heavy atom. The molecule has 0 aliphatic heterocycles. The standard InChI is InChI=1S/C9H12ClNOS/c1-6(2-4-11)8(12)9-7(10)3-5-13-9/h3,5-6H,2,4,11H2,1H3. The first-order chi connectivity index (χ1) is 6.16. The number of thiophene rings is 1. The minimum Gasteiger partial charge on any atom is -0.330 e. The van der Waals surface area contributed by atoms with Gasteiger partial charge < -0.3 is 5.73 Å². The van der Waals surface area contributed by atoms with Gasteiger partial charge in [-0.2, -0.15) is 0 Å². The minimum atomic E-state index is -0.0267. The first-order valence-corrected chi connectivity index (χ1v) is 5.40. The zero-order valence-corrected chi connectivity index (χ0v) is 8.99. The van der Waals surface area contributed by atoms with Crippen LogP contribution in [0.3, 0.4) is 0 Å². The second kappa shape index (κ2) is 4.74. The normalized spacial score (nSPS) is 12.8. The molecule has 13 heavy (non-hydrogen) atoms. The zero-order chi connectivity index (χ0) is 9.84. The molecule has 4 heteroatoms. The van der Waals surface area contributed by atoms with E-state index in [1.54, 1.807) is 6.07 Å². The molecule has 2 nitrogen and oxygen atoms in total. The van der Waals surface area contributed by atoms with E-state index in [2.05, 4.69) is 0 Å². The van der Waals surface area contributed by atoms with Gasteiger partial charge in [0.25, 0.3) is 0 Å². The second-order valence-electron chi connectivity index (χ2n) is 2.94. The molecule has 2 N–H and O–H groups in total. The van der Waals surface area contributed by atoms with E-state index in [0.29, 0.717) is 22.9 Å². The van der Waals surface area contributed by atoms with Crippen molar-refractivity contribution in [3.63, 3.8) is 0 Å². The average molecular weight is 218 g/mol. The summed E-state index contributed by atoms with van der Waals surface area (Å²) in [6.45, 7) is 2.42. The molecule has 0 bridgehead atoms. The predicted molar refractivity (Wildman–Crippen MR) is 56.5 cm³/mol. The number of carbonyl (C=O) groups is 1. The van der Waals surface area contributed by atoms with Crippen molar-refractivity contribution in [2.45, 2.75) is 13.3 Å². The van der Waals surface area contributed by atoms with Crippen LogP contribution in [0.1, 0.15) is 23.0 Å². The molecule has 1 unspecified atom stereocenters. The van der Waals surface area contributed by atoms with Gasteiger partial charge in [-0.3, -0.25) is 4.79 Å². The van der Waals surface area contributed by atoms with Crippen LogP contribution in [0.5, 0.6) is 0 Å². The highest BCUT2D eigenvalue weighted by atomic mass is 35.5. The van der Waals surface area contributed by atoms with Crippen LogP contribution < -0.4 is 5.73 Å². The van der Waals surface area contributed by atoms with Crippen molar-refractivity contribution in [3.05, 3.63) is 21.3 Å². The lowest BCUT2D eigenvalue weighted by molar-refractivity contribution is 0.0930. The number of halogens is 1. The average Bonchev–Trinajstić information content (AvgIpc) is 2.50. The van der Waals surface area contributed by atoms with Crippen molar-refractivity contribution in [2.24, 2.45) is 11.7 Å². The van der Waals surface area contributed by atoms with Gasteiger partial charge in [0, 0.05) is 5.92 Å². The Bertz CT molecular complexity index is 298. The van der Waals surface area contributed by atoms with Gasteiger partial charge >= 0.3 is 0 Å². The van der Waals surface area contributed by atoms with Gasteiger partial charge in [0.2, 0.25) is 0 Å². The smallest absolute Gasteiger partial charge is 0.177 e. The lowest BCUT2D eigenvalue weighted by Crippen LogP contribution is -2.14. The van der Waals surface area contributed by atoms with Crippen LogP contribution in [-0.2, 0) is 0 Å². The predicted octanol–water partition coefficient (Wildman–Crippen LogP) is 2.57. The van der Waals surface area contributed by atoms with Crippen LogP contribution in [0.15, 0.2) is 11.4 Å². The molecule has 1 aromatic rings. The van der Waals surface area contributed by atoms with Crippen molar-refractivity contribution >= 4 is 28.7 Å². The Balaban J connectivity index is 2.73. The van der Waals surface area contributed by atoms with Gasteiger partial charge in [-0.25, -0.2) is 0 Å². The van der Waals surface area contributed by atoms with Gasteiger partial charge in [0.15, 0.2) is 5.78 Å². The molecular weight excluding hydrogens is 206 g/mol. The summed E-state index contributed by atoms with van der Waals surface area (Å²) in [5, 5.41) is 2.38. The molecule has 1 atom stereocenters. The molecule has 0 aromatic carbocycles. The fourth-order valence-corrected chi connectivity index (χ4v) is 2.28. The summed E-state index contributed by atoms with van der Waals surface area (Å²) in [5.74, 6) is 0.0756. The summed E-state index contributed by atoms with van der Waals surface area (Å²) in [7, 11) is 0. The summed E-state index contributed by atoms with van der Waals surface area (Å²) >= 11 is 7.23. The van der Waals surface area contributed by atoms with Crippen LogP contribution in [0.25, 0.3) is 0 Å². The minimum absolute atomic E-state index is 0.0267. The Morgan fingerprint density at radius 1 is 1.77 bits per heavy atom. The summed E-state index contributed by atoms with van der Waals surface area (Å²) in [6.07, 6.45) is 0.715. The largest absolute Gasteiger partial charge is 0.330 e. The molecule has 0 saturated heterocycles. The molecule has 1 heterocycles. The van der Waals surface area contributed by atoms with E-state index in [9.17, 15) is 4.79 Å². The van der Waals surface area contributed by atoms with Crippen LogP contribution in [-0.4, -0.2) is 12.3 Å². The molecule has 0 saturated carbocycles. The first kappa shape index (κ1) is 10.7. The van der Waals surface area contributed by atoms with E-state index in [4.69, 9.17) is 17.3 Å². The number of Topliss-reactive ketones (excluding diaryl/α,β-unsaturated/α-hetero) is 1. The number of hydrogen-bond donors (Lipinski definition) is 1. The molecule has 1 rings (SSSR count). The molecule has 0 radical (unpaired) electrons. The quantitative estimate of drug-likeness (QED) is 0.788. The van der Waals surface area contributed by atoms with E-state index < -0.39 is 0 Å². The molecule has 0 fully saturated rings. The molecular formula is C9H12ClNOS.